The van der Waals surface area contributed by atoms with Gasteiger partial charge in [-0.25, -0.2) is 4.98 Å². The third-order valence-corrected chi connectivity index (χ3v) is 3.89. The molecule has 0 saturated carbocycles. The fourth-order valence-electron chi connectivity index (χ4n) is 2.71. The zero-order chi connectivity index (χ0) is 13.6. The molecule has 20 heavy (non-hydrogen) atoms. The molecular formula is C15H21N5. The molecule has 0 aromatic carbocycles. The maximum Gasteiger partial charge on any atom is 0.0946 e. The van der Waals surface area contributed by atoms with Gasteiger partial charge < -0.3 is 14.8 Å². The molecule has 0 amide bonds. The second-order valence-corrected chi connectivity index (χ2v) is 5.22. The fourth-order valence-corrected chi connectivity index (χ4v) is 2.71. The van der Waals surface area contributed by atoms with Crippen LogP contribution in [0.3, 0.4) is 0 Å². The molecule has 5 nitrogen and oxygen atoms in total. The molecule has 0 aliphatic carbocycles. The molecule has 0 atom stereocenters. The maximum absolute atomic E-state index is 4.07. The Morgan fingerprint density at radius 1 is 1.10 bits per heavy atom. The van der Waals surface area contributed by atoms with Gasteiger partial charge in [-0.2, -0.15) is 0 Å². The molecule has 3 rings (SSSR count). The van der Waals surface area contributed by atoms with Crippen LogP contribution >= 0.6 is 0 Å². The van der Waals surface area contributed by atoms with E-state index in [-0.39, 0.29) is 0 Å². The van der Waals surface area contributed by atoms with Crippen LogP contribution in [0.2, 0.25) is 0 Å². The number of piperidine rings is 1. The van der Waals surface area contributed by atoms with Gasteiger partial charge >= 0.3 is 0 Å². The minimum absolute atomic E-state index is 0.636. The fraction of sp³-hybridized carbons (Fsp3) is 0.467. The van der Waals surface area contributed by atoms with Crippen LogP contribution in [-0.2, 0) is 6.54 Å². The van der Waals surface area contributed by atoms with Crippen LogP contribution in [0, 0.1) is 0 Å². The second-order valence-electron chi connectivity index (χ2n) is 5.22. The molecule has 106 valence electrons. The highest BCUT2D eigenvalue weighted by molar-refractivity contribution is 5.44. The van der Waals surface area contributed by atoms with Crippen molar-refractivity contribution in [2.45, 2.75) is 25.4 Å². The van der Waals surface area contributed by atoms with Crippen LogP contribution in [0.1, 0.15) is 12.8 Å². The van der Waals surface area contributed by atoms with Gasteiger partial charge in [0.15, 0.2) is 0 Å². The number of hydrogen-bond donors (Lipinski definition) is 1. The first-order chi connectivity index (χ1) is 9.92. The van der Waals surface area contributed by atoms with Gasteiger partial charge in [0.25, 0.3) is 0 Å². The van der Waals surface area contributed by atoms with Crippen LogP contribution in [0.25, 0.3) is 0 Å². The Hall–Kier alpha value is -1.88. The van der Waals surface area contributed by atoms with Crippen LogP contribution < -0.4 is 10.2 Å². The second kappa shape index (κ2) is 6.52. The van der Waals surface area contributed by atoms with Crippen molar-refractivity contribution in [2.24, 2.45) is 0 Å². The summed E-state index contributed by atoms with van der Waals surface area (Å²) in [5.41, 5.74) is 1.29. The highest BCUT2D eigenvalue weighted by Crippen LogP contribution is 2.18. The van der Waals surface area contributed by atoms with Crippen molar-refractivity contribution >= 4 is 5.69 Å². The normalized spacial score (nSPS) is 16.5. The Labute approximate surface area is 119 Å². The lowest BCUT2D eigenvalue weighted by molar-refractivity contribution is 0.406. The molecule has 0 bridgehead atoms. The smallest absolute Gasteiger partial charge is 0.0946 e. The third-order valence-electron chi connectivity index (χ3n) is 3.89. The van der Waals surface area contributed by atoms with E-state index >= 15 is 0 Å². The van der Waals surface area contributed by atoms with Crippen molar-refractivity contribution in [3.8, 4) is 0 Å². The minimum atomic E-state index is 0.636. The number of hydrogen-bond acceptors (Lipinski definition) is 4. The Kier molecular flexibility index (Phi) is 4.28. The molecule has 2 aromatic rings. The lowest BCUT2D eigenvalue weighted by atomic mass is 10.0. The van der Waals surface area contributed by atoms with Crippen molar-refractivity contribution in [3.05, 3.63) is 43.2 Å². The summed E-state index contributed by atoms with van der Waals surface area (Å²) in [6.07, 6.45) is 11.8. The first-order valence-electron chi connectivity index (χ1n) is 7.26. The summed E-state index contributed by atoms with van der Waals surface area (Å²) in [7, 11) is 0. The van der Waals surface area contributed by atoms with Gasteiger partial charge in [-0.3, -0.25) is 4.98 Å². The van der Waals surface area contributed by atoms with Crippen LogP contribution in [0.5, 0.6) is 0 Å². The predicted molar refractivity (Wildman–Crippen MR) is 79.7 cm³/mol. The van der Waals surface area contributed by atoms with Crippen molar-refractivity contribution in [2.75, 3.05) is 24.5 Å². The van der Waals surface area contributed by atoms with Gasteiger partial charge in [0, 0.05) is 62.7 Å². The van der Waals surface area contributed by atoms with Crippen molar-refractivity contribution in [1.82, 2.24) is 19.9 Å². The molecule has 1 aliphatic rings. The van der Waals surface area contributed by atoms with Crippen LogP contribution in [0.4, 0.5) is 5.69 Å². The van der Waals surface area contributed by atoms with E-state index in [0.29, 0.717) is 6.04 Å². The average Bonchev–Trinajstić information content (AvgIpc) is 3.02. The summed E-state index contributed by atoms with van der Waals surface area (Å²) in [6, 6.07) is 4.82. The van der Waals surface area contributed by atoms with Crippen molar-refractivity contribution < 1.29 is 0 Å². The molecular weight excluding hydrogens is 250 g/mol. The van der Waals surface area contributed by atoms with Crippen LogP contribution in [0.15, 0.2) is 43.2 Å². The zero-order valence-corrected chi connectivity index (χ0v) is 11.7. The molecule has 2 aromatic heterocycles. The topological polar surface area (TPSA) is 46.0 Å². The Bertz CT molecular complexity index is 488. The lowest BCUT2D eigenvalue weighted by Gasteiger charge is -2.34. The molecule has 1 saturated heterocycles. The maximum atomic E-state index is 4.07. The van der Waals surface area contributed by atoms with Gasteiger partial charge in [-0.05, 0) is 25.0 Å². The summed E-state index contributed by atoms with van der Waals surface area (Å²) < 4.78 is 2.11. The predicted octanol–water partition coefficient (Wildman–Crippen LogP) is 1.54. The largest absolute Gasteiger partial charge is 0.371 e. The monoisotopic (exact) mass is 271 g/mol. The Balaban J connectivity index is 1.40. The molecule has 0 radical (unpaired) electrons. The van der Waals surface area contributed by atoms with E-state index in [4.69, 9.17) is 0 Å². The highest BCUT2D eigenvalue weighted by Gasteiger charge is 2.18. The zero-order valence-electron chi connectivity index (χ0n) is 11.7. The molecule has 0 unspecified atom stereocenters. The van der Waals surface area contributed by atoms with Gasteiger partial charge in [-0.15, -0.1) is 0 Å². The van der Waals surface area contributed by atoms with Gasteiger partial charge in [-0.1, -0.05) is 0 Å². The van der Waals surface area contributed by atoms with E-state index in [9.17, 15) is 0 Å². The summed E-state index contributed by atoms with van der Waals surface area (Å²) in [5.74, 6) is 0. The SMILES string of the molecule is c1cc(N2CCC(NCCn3ccnc3)CC2)ccn1. The molecule has 3 heterocycles. The van der Waals surface area contributed by atoms with E-state index in [2.05, 4.69) is 36.9 Å². The van der Waals surface area contributed by atoms with Crippen molar-refractivity contribution in [3.63, 3.8) is 0 Å². The quantitative estimate of drug-likeness (QED) is 0.896. The molecule has 1 fully saturated rings. The minimum Gasteiger partial charge on any atom is -0.371 e. The number of imidazole rings is 1. The molecule has 5 heteroatoms. The Morgan fingerprint density at radius 2 is 1.90 bits per heavy atom. The number of anilines is 1. The average molecular weight is 271 g/mol. The summed E-state index contributed by atoms with van der Waals surface area (Å²) in [4.78, 5) is 10.6. The standard InChI is InChI=1S/C15H21N5/c1-5-16-6-2-15(1)20-9-3-14(4-10-20)18-8-12-19-11-7-17-13-19/h1-2,5-7,11,13-14,18H,3-4,8-10,12H2. The Morgan fingerprint density at radius 3 is 2.60 bits per heavy atom. The van der Waals surface area contributed by atoms with Crippen molar-refractivity contribution in [1.29, 1.82) is 0 Å². The van der Waals surface area contributed by atoms with Gasteiger partial charge in [0.2, 0.25) is 0 Å². The van der Waals surface area contributed by atoms with E-state index < -0.39 is 0 Å². The highest BCUT2D eigenvalue weighted by atomic mass is 15.2. The number of aromatic nitrogens is 3. The van der Waals surface area contributed by atoms with E-state index in [1.165, 1.54) is 18.5 Å². The summed E-state index contributed by atoms with van der Waals surface area (Å²) in [5, 5.41) is 3.64. The molecule has 1 aliphatic heterocycles. The van der Waals surface area contributed by atoms with E-state index in [1.807, 2.05) is 31.1 Å². The molecule has 0 spiro atoms. The first-order valence-corrected chi connectivity index (χ1v) is 7.26. The number of pyridine rings is 1. The molecule has 1 N–H and O–H groups in total. The lowest BCUT2D eigenvalue weighted by Crippen LogP contribution is -2.43. The van der Waals surface area contributed by atoms with Gasteiger partial charge in [0.05, 0.1) is 6.33 Å². The number of rotatable bonds is 5. The van der Waals surface area contributed by atoms with E-state index in [1.54, 1.807) is 0 Å². The summed E-state index contributed by atoms with van der Waals surface area (Å²) >= 11 is 0. The van der Waals surface area contributed by atoms with Gasteiger partial charge in [0.1, 0.15) is 0 Å². The number of nitrogens with one attached hydrogen (secondary N) is 1. The number of nitrogens with zero attached hydrogens (tertiary/aromatic N) is 4. The first kappa shape index (κ1) is 13.1. The van der Waals surface area contributed by atoms with Crippen LogP contribution in [-0.4, -0.2) is 40.2 Å². The summed E-state index contributed by atoms with van der Waals surface area (Å²) in [6.45, 7) is 4.24. The third kappa shape index (κ3) is 3.36. The van der Waals surface area contributed by atoms with E-state index in [0.717, 1.165) is 26.2 Å².